The fraction of sp³-hybridized carbons (Fsp3) is 0.263. The quantitative estimate of drug-likeness (QED) is 0.808. The van der Waals surface area contributed by atoms with Crippen LogP contribution in [0.1, 0.15) is 35.3 Å². The second kappa shape index (κ2) is 5.76. The Morgan fingerprint density at radius 1 is 1.14 bits per heavy atom. The maximum Gasteiger partial charge on any atom is 0.202 e. The molecule has 0 fully saturated rings. The zero-order valence-electron chi connectivity index (χ0n) is 12.9. The Kier molecular flexibility index (Phi) is 3.80. The van der Waals surface area contributed by atoms with Crippen LogP contribution in [0.3, 0.4) is 0 Å². The summed E-state index contributed by atoms with van der Waals surface area (Å²) in [6.07, 6.45) is 0. The predicted molar refractivity (Wildman–Crippen MR) is 87.3 cm³/mol. The van der Waals surface area contributed by atoms with Crippen molar-refractivity contribution in [2.75, 3.05) is 6.61 Å². The van der Waals surface area contributed by atoms with Crippen LogP contribution in [0.5, 0.6) is 0 Å². The minimum Gasteiger partial charge on any atom is -0.480 e. The van der Waals surface area contributed by atoms with Crippen molar-refractivity contribution in [2.24, 2.45) is 4.99 Å². The van der Waals surface area contributed by atoms with Gasteiger partial charge in [0.15, 0.2) is 5.78 Å². The van der Waals surface area contributed by atoms with E-state index in [0.717, 1.165) is 11.1 Å². The second-order valence-electron chi connectivity index (χ2n) is 5.53. The fourth-order valence-electron chi connectivity index (χ4n) is 3.00. The number of ketones is 1. The lowest BCUT2D eigenvalue weighted by Crippen LogP contribution is -2.45. The molecule has 0 amide bonds. The molecule has 0 bridgehead atoms. The lowest BCUT2D eigenvalue weighted by molar-refractivity contribution is 0.0918. The van der Waals surface area contributed by atoms with E-state index >= 15 is 0 Å². The average Bonchev–Trinajstić information content (AvgIpc) is 2.58. The van der Waals surface area contributed by atoms with Gasteiger partial charge in [0.05, 0.1) is 13.2 Å². The monoisotopic (exact) mass is 293 g/mol. The predicted octanol–water partition coefficient (Wildman–Crippen LogP) is 3.78. The van der Waals surface area contributed by atoms with Crippen molar-refractivity contribution >= 4 is 11.7 Å². The van der Waals surface area contributed by atoms with E-state index in [9.17, 15) is 4.79 Å². The molecule has 1 aliphatic heterocycles. The molecule has 3 heteroatoms. The van der Waals surface area contributed by atoms with Crippen LogP contribution in [-0.2, 0) is 16.7 Å². The summed E-state index contributed by atoms with van der Waals surface area (Å²) < 4.78 is 5.73. The van der Waals surface area contributed by atoms with E-state index in [1.54, 1.807) is 0 Å². The summed E-state index contributed by atoms with van der Waals surface area (Å²) in [6.45, 7) is 4.88. The topological polar surface area (TPSA) is 38.7 Å². The minimum atomic E-state index is -0.869. The first-order chi connectivity index (χ1) is 10.7. The average molecular weight is 293 g/mol. The van der Waals surface area contributed by atoms with E-state index in [4.69, 9.17) is 4.74 Å². The van der Waals surface area contributed by atoms with Gasteiger partial charge in [-0.25, -0.2) is 4.99 Å². The standard InChI is InChI=1S/C19H19NO2/c1-3-22-18-19(2,17(21)14-9-5-4-6-10-14)16-12-8-7-11-15(16)13-20-18/h4-12H,3,13H2,1-2H3. The van der Waals surface area contributed by atoms with E-state index in [0.29, 0.717) is 24.6 Å². The summed E-state index contributed by atoms with van der Waals surface area (Å²) >= 11 is 0. The molecule has 3 nitrogen and oxygen atoms in total. The molecule has 1 heterocycles. The van der Waals surface area contributed by atoms with E-state index in [1.165, 1.54) is 0 Å². The van der Waals surface area contributed by atoms with Crippen molar-refractivity contribution in [1.29, 1.82) is 0 Å². The number of aliphatic imine (C=N–C) groups is 1. The van der Waals surface area contributed by atoms with Crippen molar-refractivity contribution in [3.8, 4) is 0 Å². The molecular weight excluding hydrogens is 274 g/mol. The number of carbonyl (C=O) groups excluding carboxylic acids is 1. The Bertz CT molecular complexity index is 721. The maximum absolute atomic E-state index is 13.2. The third-order valence-corrected chi connectivity index (χ3v) is 4.15. The normalized spacial score (nSPS) is 20.0. The molecule has 0 spiro atoms. The number of Topliss-reactive ketones (excluding diaryl/α,β-unsaturated/α-hetero) is 1. The molecule has 1 atom stereocenters. The summed E-state index contributed by atoms with van der Waals surface area (Å²) in [5.74, 6) is 0.537. The molecule has 0 saturated heterocycles. The van der Waals surface area contributed by atoms with E-state index < -0.39 is 5.41 Å². The van der Waals surface area contributed by atoms with E-state index in [2.05, 4.69) is 4.99 Å². The Labute approximate surface area is 130 Å². The first-order valence-corrected chi connectivity index (χ1v) is 7.54. The molecule has 3 rings (SSSR count). The molecule has 22 heavy (non-hydrogen) atoms. The number of benzene rings is 2. The molecule has 112 valence electrons. The van der Waals surface area contributed by atoms with Gasteiger partial charge in [-0.15, -0.1) is 0 Å². The van der Waals surface area contributed by atoms with Crippen molar-refractivity contribution in [3.05, 3.63) is 71.3 Å². The van der Waals surface area contributed by atoms with Gasteiger partial charge in [-0.05, 0) is 25.0 Å². The van der Waals surface area contributed by atoms with Gasteiger partial charge in [0.25, 0.3) is 0 Å². The molecule has 0 aliphatic carbocycles. The zero-order valence-corrected chi connectivity index (χ0v) is 12.9. The van der Waals surface area contributed by atoms with E-state index in [-0.39, 0.29) is 5.78 Å². The highest BCUT2D eigenvalue weighted by Crippen LogP contribution is 2.36. The first-order valence-electron chi connectivity index (χ1n) is 7.54. The summed E-state index contributed by atoms with van der Waals surface area (Å²) in [4.78, 5) is 17.7. The van der Waals surface area contributed by atoms with Crippen molar-refractivity contribution in [1.82, 2.24) is 0 Å². The van der Waals surface area contributed by atoms with Crippen LogP contribution in [0.4, 0.5) is 0 Å². The second-order valence-corrected chi connectivity index (χ2v) is 5.53. The lowest BCUT2D eigenvalue weighted by atomic mass is 9.72. The number of ether oxygens (including phenoxy) is 1. The van der Waals surface area contributed by atoms with Crippen LogP contribution in [-0.4, -0.2) is 18.3 Å². The fourth-order valence-corrected chi connectivity index (χ4v) is 3.00. The minimum absolute atomic E-state index is 0.0208. The smallest absolute Gasteiger partial charge is 0.202 e. The van der Waals surface area contributed by atoms with Gasteiger partial charge in [0, 0.05) is 5.56 Å². The number of rotatable bonds is 3. The number of hydrogen-bond acceptors (Lipinski definition) is 3. The Balaban J connectivity index is 2.15. The third-order valence-electron chi connectivity index (χ3n) is 4.15. The SMILES string of the molecule is CCOC1=NCc2ccccc2C1(C)C(=O)c1ccccc1. The van der Waals surface area contributed by atoms with Gasteiger partial charge in [-0.2, -0.15) is 0 Å². The van der Waals surface area contributed by atoms with Crippen molar-refractivity contribution < 1.29 is 9.53 Å². The van der Waals surface area contributed by atoms with Crippen LogP contribution < -0.4 is 0 Å². The molecular formula is C19H19NO2. The van der Waals surface area contributed by atoms with Gasteiger partial charge in [0.1, 0.15) is 5.41 Å². The highest BCUT2D eigenvalue weighted by Gasteiger charge is 2.45. The van der Waals surface area contributed by atoms with Crippen LogP contribution in [0, 0.1) is 0 Å². The van der Waals surface area contributed by atoms with Crippen molar-refractivity contribution in [2.45, 2.75) is 25.8 Å². The number of carbonyl (C=O) groups is 1. The van der Waals surface area contributed by atoms with E-state index in [1.807, 2.05) is 68.4 Å². The summed E-state index contributed by atoms with van der Waals surface area (Å²) in [5.41, 5.74) is 1.88. The van der Waals surface area contributed by atoms with Gasteiger partial charge < -0.3 is 4.74 Å². The summed E-state index contributed by atoms with van der Waals surface area (Å²) in [6, 6.07) is 17.3. The van der Waals surface area contributed by atoms with Crippen LogP contribution in [0.15, 0.2) is 59.6 Å². The number of hydrogen-bond donors (Lipinski definition) is 0. The van der Waals surface area contributed by atoms with Gasteiger partial charge in [-0.1, -0.05) is 54.6 Å². The van der Waals surface area contributed by atoms with Crippen LogP contribution in [0.2, 0.25) is 0 Å². The highest BCUT2D eigenvalue weighted by atomic mass is 16.5. The highest BCUT2D eigenvalue weighted by molar-refractivity contribution is 6.19. The Morgan fingerprint density at radius 3 is 2.55 bits per heavy atom. The summed E-state index contributed by atoms with van der Waals surface area (Å²) in [7, 11) is 0. The van der Waals surface area contributed by atoms with Crippen LogP contribution in [0.25, 0.3) is 0 Å². The number of fused-ring (bicyclic) bond motifs is 1. The van der Waals surface area contributed by atoms with Gasteiger partial charge in [0.2, 0.25) is 5.90 Å². The first kappa shape index (κ1) is 14.5. The molecule has 2 aromatic rings. The Morgan fingerprint density at radius 2 is 1.82 bits per heavy atom. The third kappa shape index (κ3) is 2.23. The lowest BCUT2D eigenvalue weighted by Gasteiger charge is -2.34. The van der Waals surface area contributed by atoms with Gasteiger partial charge >= 0.3 is 0 Å². The molecule has 0 radical (unpaired) electrons. The van der Waals surface area contributed by atoms with Crippen molar-refractivity contribution in [3.63, 3.8) is 0 Å². The molecule has 0 aromatic heterocycles. The molecule has 2 aromatic carbocycles. The molecule has 0 saturated carbocycles. The molecule has 1 aliphatic rings. The van der Waals surface area contributed by atoms with Crippen LogP contribution >= 0.6 is 0 Å². The maximum atomic E-state index is 13.2. The largest absolute Gasteiger partial charge is 0.480 e. The molecule has 1 unspecified atom stereocenters. The molecule has 0 N–H and O–H groups in total. The Hall–Kier alpha value is -2.42. The van der Waals surface area contributed by atoms with Gasteiger partial charge in [-0.3, -0.25) is 4.79 Å². The zero-order chi connectivity index (χ0) is 15.6. The number of nitrogens with zero attached hydrogens (tertiary/aromatic N) is 1. The summed E-state index contributed by atoms with van der Waals surface area (Å²) in [5, 5.41) is 0.